The number of amides is 1. The SMILES string of the molecule is CCOC(Cc1ccc(OCCN(CCCCOc2ccc(F)cc2)C(=O)Oc2ccccc2C(F)(F)F)cc1)C(=O)O. The molecule has 0 saturated heterocycles. The first kappa shape index (κ1) is 33.2. The zero-order chi connectivity index (χ0) is 31.2. The maximum absolute atomic E-state index is 13.4. The van der Waals surface area contributed by atoms with Crippen molar-refractivity contribution in [1.29, 1.82) is 0 Å². The van der Waals surface area contributed by atoms with E-state index >= 15 is 0 Å². The summed E-state index contributed by atoms with van der Waals surface area (Å²) in [6.45, 7) is 2.43. The smallest absolute Gasteiger partial charge is 0.419 e. The molecular weight excluding hydrogens is 574 g/mol. The zero-order valence-electron chi connectivity index (χ0n) is 23.5. The van der Waals surface area contributed by atoms with Crippen LogP contribution in [0.5, 0.6) is 17.2 Å². The van der Waals surface area contributed by atoms with Crippen molar-refractivity contribution in [2.75, 3.05) is 32.9 Å². The minimum atomic E-state index is -4.71. The van der Waals surface area contributed by atoms with Crippen molar-refractivity contribution in [3.8, 4) is 17.2 Å². The maximum atomic E-state index is 13.4. The third-order valence-corrected chi connectivity index (χ3v) is 6.17. The Bertz CT molecular complexity index is 1300. The maximum Gasteiger partial charge on any atom is 0.419 e. The summed E-state index contributed by atoms with van der Waals surface area (Å²) >= 11 is 0. The second-order valence-corrected chi connectivity index (χ2v) is 9.34. The first-order valence-corrected chi connectivity index (χ1v) is 13.6. The molecule has 3 rings (SSSR count). The molecule has 3 aromatic carbocycles. The predicted octanol–water partition coefficient (Wildman–Crippen LogP) is 6.62. The molecular formula is C31H33F4NO7. The summed E-state index contributed by atoms with van der Waals surface area (Å²) < 4.78 is 75.0. The van der Waals surface area contributed by atoms with Crippen LogP contribution in [-0.4, -0.2) is 61.1 Å². The molecule has 12 heteroatoms. The van der Waals surface area contributed by atoms with E-state index in [9.17, 15) is 32.3 Å². The highest BCUT2D eigenvalue weighted by molar-refractivity contribution is 5.72. The lowest BCUT2D eigenvalue weighted by Crippen LogP contribution is -2.38. The lowest BCUT2D eigenvalue weighted by atomic mass is 10.1. The molecule has 0 aliphatic heterocycles. The van der Waals surface area contributed by atoms with Gasteiger partial charge in [0.05, 0.1) is 18.7 Å². The van der Waals surface area contributed by atoms with Crippen LogP contribution in [-0.2, 0) is 22.1 Å². The van der Waals surface area contributed by atoms with Crippen molar-refractivity contribution in [2.45, 2.75) is 38.5 Å². The fraction of sp³-hybridized carbons (Fsp3) is 0.355. The fourth-order valence-corrected chi connectivity index (χ4v) is 4.00. The lowest BCUT2D eigenvalue weighted by molar-refractivity contribution is -0.150. The highest BCUT2D eigenvalue weighted by Crippen LogP contribution is 2.36. The van der Waals surface area contributed by atoms with Crippen LogP contribution in [0.4, 0.5) is 22.4 Å². The zero-order valence-corrected chi connectivity index (χ0v) is 23.5. The van der Waals surface area contributed by atoms with Gasteiger partial charge in [-0.25, -0.2) is 14.0 Å². The topological polar surface area (TPSA) is 94.5 Å². The summed E-state index contributed by atoms with van der Waals surface area (Å²) in [6, 6.07) is 16.7. The highest BCUT2D eigenvalue weighted by Gasteiger charge is 2.35. The first-order valence-electron chi connectivity index (χ1n) is 13.6. The summed E-state index contributed by atoms with van der Waals surface area (Å²) in [5.74, 6) is -1.12. The van der Waals surface area contributed by atoms with Gasteiger partial charge < -0.3 is 29.0 Å². The first-order chi connectivity index (χ1) is 20.6. The average molecular weight is 608 g/mol. The van der Waals surface area contributed by atoms with Gasteiger partial charge in [0.1, 0.15) is 29.7 Å². The number of rotatable bonds is 16. The van der Waals surface area contributed by atoms with E-state index in [1.54, 1.807) is 31.2 Å². The summed E-state index contributed by atoms with van der Waals surface area (Å²) in [5.41, 5.74) is -0.341. The number of aliphatic carboxylic acids is 1. The van der Waals surface area contributed by atoms with Gasteiger partial charge in [-0.3, -0.25) is 0 Å². The normalized spacial score (nSPS) is 11.9. The molecule has 0 aliphatic carbocycles. The third-order valence-electron chi connectivity index (χ3n) is 6.17. The number of halogens is 4. The van der Waals surface area contributed by atoms with Crippen LogP contribution in [0.2, 0.25) is 0 Å². The Balaban J connectivity index is 1.58. The number of unbranched alkanes of at least 4 members (excludes halogenated alkanes) is 1. The number of alkyl halides is 3. The van der Waals surface area contributed by atoms with Crippen LogP contribution >= 0.6 is 0 Å². The van der Waals surface area contributed by atoms with Crippen LogP contribution in [0.1, 0.15) is 30.9 Å². The van der Waals surface area contributed by atoms with Gasteiger partial charge in [-0.05, 0) is 73.9 Å². The number of para-hydroxylation sites is 1. The second kappa shape index (κ2) is 16.4. The number of carbonyl (C=O) groups is 2. The average Bonchev–Trinajstić information content (AvgIpc) is 2.97. The van der Waals surface area contributed by atoms with Gasteiger partial charge >= 0.3 is 18.2 Å². The largest absolute Gasteiger partial charge is 0.494 e. The van der Waals surface area contributed by atoms with Gasteiger partial charge in [-0.2, -0.15) is 13.2 Å². The summed E-state index contributed by atoms with van der Waals surface area (Å²) in [4.78, 5) is 25.5. The molecule has 0 spiro atoms. The number of hydrogen-bond acceptors (Lipinski definition) is 6. The van der Waals surface area contributed by atoms with E-state index < -0.39 is 35.7 Å². The number of benzene rings is 3. The van der Waals surface area contributed by atoms with E-state index in [0.29, 0.717) is 24.3 Å². The second-order valence-electron chi connectivity index (χ2n) is 9.34. The Morgan fingerprint density at radius 3 is 2.12 bits per heavy atom. The molecule has 0 bridgehead atoms. The van der Waals surface area contributed by atoms with Gasteiger partial charge in [0.15, 0.2) is 6.10 Å². The van der Waals surface area contributed by atoms with E-state index in [2.05, 4.69) is 0 Å². The molecule has 0 aliphatic rings. The monoisotopic (exact) mass is 607 g/mol. The van der Waals surface area contributed by atoms with Crippen LogP contribution in [0.15, 0.2) is 72.8 Å². The Hall–Kier alpha value is -4.32. The van der Waals surface area contributed by atoms with Crippen molar-refractivity contribution >= 4 is 12.1 Å². The predicted molar refractivity (Wildman–Crippen MR) is 149 cm³/mol. The molecule has 0 fully saturated rings. The molecule has 0 aromatic heterocycles. The third kappa shape index (κ3) is 11.1. The molecule has 1 N–H and O–H groups in total. The summed E-state index contributed by atoms with van der Waals surface area (Å²) in [5, 5.41) is 9.27. The lowest BCUT2D eigenvalue weighted by Gasteiger charge is -2.23. The minimum Gasteiger partial charge on any atom is -0.494 e. The van der Waals surface area contributed by atoms with Gasteiger partial charge in [0, 0.05) is 19.6 Å². The Morgan fingerprint density at radius 1 is 0.860 bits per heavy atom. The van der Waals surface area contributed by atoms with E-state index in [1.807, 2.05) is 0 Å². The fourth-order valence-electron chi connectivity index (χ4n) is 4.00. The van der Waals surface area contributed by atoms with Gasteiger partial charge in [-0.15, -0.1) is 0 Å². The quantitative estimate of drug-likeness (QED) is 0.145. The molecule has 1 unspecified atom stereocenters. The molecule has 1 amide bonds. The van der Waals surface area contributed by atoms with Gasteiger partial charge in [-0.1, -0.05) is 24.3 Å². The van der Waals surface area contributed by atoms with Crippen molar-refractivity contribution in [2.24, 2.45) is 0 Å². The highest BCUT2D eigenvalue weighted by atomic mass is 19.4. The standard InChI is InChI=1S/C31H33F4NO7/c1-2-40-28(29(37)38)21-22-9-13-24(14-10-22)42-20-18-36(17-5-6-19-41-25-15-11-23(32)12-16-25)30(39)43-27-8-4-3-7-26(27)31(33,34)35/h3-4,7-16,28H,2,5-6,17-21H2,1H3,(H,37,38). The summed E-state index contributed by atoms with van der Waals surface area (Å²) in [6.07, 6.45) is -5.53. The van der Waals surface area contributed by atoms with E-state index in [0.717, 1.165) is 17.7 Å². The van der Waals surface area contributed by atoms with Crippen LogP contribution < -0.4 is 14.2 Å². The van der Waals surface area contributed by atoms with Gasteiger partial charge in [0.25, 0.3) is 0 Å². The Morgan fingerprint density at radius 2 is 1.49 bits per heavy atom. The number of ether oxygens (including phenoxy) is 4. The van der Waals surface area contributed by atoms with Crippen LogP contribution in [0.25, 0.3) is 0 Å². The molecule has 8 nitrogen and oxygen atoms in total. The molecule has 1 atom stereocenters. The molecule has 232 valence electrons. The molecule has 0 saturated carbocycles. The number of carboxylic acids is 1. The van der Waals surface area contributed by atoms with E-state index in [1.165, 1.54) is 41.3 Å². The van der Waals surface area contributed by atoms with E-state index in [4.69, 9.17) is 18.9 Å². The van der Waals surface area contributed by atoms with E-state index in [-0.39, 0.29) is 45.1 Å². The van der Waals surface area contributed by atoms with Crippen molar-refractivity contribution in [3.05, 3.63) is 89.7 Å². The minimum absolute atomic E-state index is 0.0120. The summed E-state index contributed by atoms with van der Waals surface area (Å²) in [7, 11) is 0. The Labute approximate surface area is 246 Å². The number of nitrogens with zero attached hydrogens (tertiary/aromatic N) is 1. The van der Waals surface area contributed by atoms with Crippen molar-refractivity contribution < 1.29 is 51.2 Å². The molecule has 0 radical (unpaired) electrons. The number of carboxylic acid groups (broad SMARTS) is 1. The van der Waals surface area contributed by atoms with Gasteiger partial charge in [0.2, 0.25) is 0 Å². The Kier molecular flexibility index (Phi) is 12.6. The molecule has 43 heavy (non-hydrogen) atoms. The van der Waals surface area contributed by atoms with Crippen molar-refractivity contribution in [1.82, 2.24) is 4.90 Å². The van der Waals surface area contributed by atoms with Crippen LogP contribution in [0, 0.1) is 5.82 Å². The van der Waals surface area contributed by atoms with Crippen molar-refractivity contribution in [3.63, 3.8) is 0 Å². The molecule has 0 heterocycles. The number of hydrogen-bond donors (Lipinski definition) is 1. The number of carbonyl (C=O) groups excluding carboxylic acids is 1. The van der Waals surface area contributed by atoms with Crippen LogP contribution in [0.3, 0.4) is 0 Å². The molecule has 3 aromatic rings.